The van der Waals surface area contributed by atoms with Gasteiger partial charge >= 0.3 is 5.97 Å². The lowest BCUT2D eigenvalue weighted by atomic mass is 9.95. The average molecular weight is 237 g/mol. The normalized spacial score (nSPS) is 28.0. The van der Waals surface area contributed by atoms with Gasteiger partial charge in [-0.2, -0.15) is 0 Å². The largest absolute Gasteiger partial charge is 0.477 e. The third-order valence-electron chi connectivity index (χ3n) is 3.16. The number of aromatic nitrogens is 2. The molecule has 2 heterocycles. The fourth-order valence-electron chi connectivity index (χ4n) is 1.79. The Morgan fingerprint density at radius 3 is 3.06 bits per heavy atom. The Hall–Kier alpha value is -1.69. The van der Waals surface area contributed by atoms with Crippen molar-refractivity contribution in [1.29, 1.82) is 0 Å². The third-order valence-corrected chi connectivity index (χ3v) is 3.16. The van der Waals surface area contributed by atoms with Gasteiger partial charge in [-0.05, 0) is 26.3 Å². The van der Waals surface area contributed by atoms with E-state index in [0.29, 0.717) is 12.6 Å². The van der Waals surface area contributed by atoms with Crippen LogP contribution in [0.15, 0.2) is 12.3 Å². The first kappa shape index (κ1) is 11.8. The Morgan fingerprint density at radius 1 is 1.71 bits per heavy atom. The quantitative estimate of drug-likeness (QED) is 0.820. The summed E-state index contributed by atoms with van der Waals surface area (Å²) in [7, 11) is 0. The number of rotatable bonds is 3. The van der Waals surface area contributed by atoms with Gasteiger partial charge in [-0.3, -0.25) is 0 Å². The molecular weight excluding hydrogens is 222 g/mol. The van der Waals surface area contributed by atoms with Crippen molar-refractivity contribution >= 4 is 11.9 Å². The summed E-state index contributed by atoms with van der Waals surface area (Å²) in [4.78, 5) is 18.8. The molecule has 1 fully saturated rings. The molecule has 2 rings (SSSR count). The maximum atomic E-state index is 10.8. The summed E-state index contributed by atoms with van der Waals surface area (Å²) in [6.45, 7) is 4.67. The molecule has 1 aliphatic heterocycles. The molecule has 0 aromatic carbocycles. The topological polar surface area (TPSA) is 84.3 Å². The number of carboxylic acid groups (broad SMARTS) is 1. The molecule has 6 heteroatoms. The zero-order valence-corrected chi connectivity index (χ0v) is 9.80. The highest BCUT2D eigenvalue weighted by Crippen LogP contribution is 2.28. The average Bonchev–Trinajstić information content (AvgIpc) is 2.59. The predicted molar refractivity (Wildman–Crippen MR) is 61.1 cm³/mol. The van der Waals surface area contributed by atoms with E-state index in [-0.39, 0.29) is 17.3 Å². The summed E-state index contributed by atoms with van der Waals surface area (Å²) in [6.07, 6.45) is 2.32. The van der Waals surface area contributed by atoms with Crippen molar-refractivity contribution in [3.05, 3.63) is 18.0 Å². The first-order chi connectivity index (χ1) is 8.01. The summed E-state index contributed by atoms with van der Waals surface area (Å²) < 4.78 is 5.48. The second kappa shape index (κ2) is 4.29. The van der Waals surface area contributed by atoms with Crippen LogP contribution in [0, 0.1) is 0 Å². The lowest BCUT2D eigenvalue weighted by Crippen LogP contribution is -2.41. The highest BCUT2D eigenvalue weighted by Gasteiger charge is 2.37. The van der Waals surface area contributed by atoms with Crippen molar-refractivity contribution in [3.8, 4) is 0 Å². The number of hydrogen-bond donors (Lipinski definition) is 2. The Bertz CT molecular complexity index is 438. The summed E-state index contributed by atoms with van der Waals surface area (Å²) in [5.74, 6) is -0.735. The minimum absolute atomic E-state index is 0.0160. The van der Waals surface area contributed by atoms with Gasteiger partial charge in [0.2, 0.25) is 5.95 Å². The van der Waals surface area contributed by atoms with Crippen LogP contribution in [0.2, 0.25) is 0 Å². The van der Waals surface area contributed by atoms with Gasteiger partial charge in [0, 0.05) is 12.8 Å². The smallest absolute Gasteiger partial charge is 0.354 e. The van der Waals surface area contributed by atoms with Crippen molar-refractivity contribution in [2.45, 2.75) is 31.9 Å². The van der Waals surface area contributed by atoms with Crippen LogP contribution in [0.1, 0.15) is 30.8 Å². The molecule has 2 atom stereocenters. The monoisotopic (exact) mass is 237 g/mol. The van der Waals surface area contributed by atoms with Crippen molar-refractivity contribution in [1.82, 2.24) is 9.97 Å². The number of nitrogens with zero attached hydrogens (tertiary/aromatic N) is 2. The lowest BCUT2D eigenvalue weighted by molar-refractivity contribution is 0.0690. The Kier molecular flexibility index (Phi) is 2.97. The minimum atomic E-state index is -1.06. The Balaban J connectivity index is 2.18. The zero-order chi connectivity index (χ0) is 12.5. The van der Waals surface area contributed by atoms with Gasteiger partial charge in [0.15, 0.2) is 5.69 Å². The van der Waals surface area contributed by atoms with Crippen LogP contribution in [-0.4, -0.2) is 39.3 Å². The van der Waals surface area contributed by atoms with Crippen LogP contribution in [0.5, 0.6) is 0 Å². The first-order valence-electron chi connectivity index (χ1n) is 5.47. The number of carbonyl (C=O) groups is 1. The van der Waals surface area contributed by atoms with Crippen LogP contribution in [0.25, 0.3) is 0 Å². The Labute approximate surface area is 99.0 Å². The number of anilines is 1. The van der Waals surface area contributed by atoms with Gasteiger partial charge in [-0.25, -0.2) is 14.8 Å². The standard InChI is InChI=1S/C11H15N3O3/c1-7-11(2,4-6-17-7)14-10-12-5-3-8(13-10)9(15)16/h3,5,7H,4,6H2,1-2H3,(H,15,16)(H,12,13,14). The molecule has 0 radical (unpaired) electrons. The van der Waals surface area contributed by atoms with E-state index in [2.05, 4.69) is 15.3 Å². The molecule has 2 N–H and O–H groups in total. The van der Waals surface area contributed by atoms with Crippen molar-refractivity contribution < 1.29 is 14.6 Å². The van der Waals surface area contributed by atoms with Gasteiger partial charge in [-0.15, -0.1) is 0 Å². The summed E-state index contributed by atoms with van der Waals surface area (Å²) in [6, 6.07) is 1.37. The van der Waals surface area contributed by atoms with Crippen molar-refractivity contribution in [2.75, 3.05) is 11.9 Å². The van der Waals surface area contributed by atoms with Crippen LogP contribution >= 0.6 is 0 Å². The predicted octanol–water partition coefficient (Wildman–Crippen LogP) is 1.15. The summed E-state index contributed by atoms with van der Waals surface area (Å²) in [5, 5.41) is 12.0. The minimum Gasteiger partial charge on any atom is -0.477 e. The van der Waals surface area contributed by atoms with E-state index in [1.165, 1.54) is 12.3 Å². The maximum Gasteiger partial charge on any atom is 0.354 e. The highest BCUT2D eigenvalue weighted by molar-refractivity contribution is 5.85. The molecule has 1 saturated heterocycles. The zero-order valence-electron chi connectivity index (χ0n) is 9.80. The second-order valence-electron chi connectivity index (χ2n) is 4.38. The van der Waals surface area contributed by atoms with E-state index in [1.54, 1.807) is 0 Å². The van der Waals surface area contributed by atoms with Crippen molar-refractivity contribution in [2.24, 2.45) is 0 Å². The molecule has 1 aromatic heterocycles. The fourth-order valence-corrected chi connectivity index (χ4v) is 1.79. The molecule has 2 unspecified atom stereocenters. The maximum absolute atomic E-state index is 10.8. The molecule has 0 spiro atoms. The fraction of sp³-hybridized carbons (Fsp3) is 0.545. The van der Waals surface area contributed by atoms with E-state index in [0.717, 1.165) is 6.42 Å². The van der Waals surface area contributed by atoms with Crippen LogP contribution < -0.4 is 5.32 Å². The van der Waals surface area contributed by atoms with Crippen LogP contribution in [-0.2, 0) is 4.74 Å². The number of ether oxygens (including phenoxy) is 1. The van der Waals surface area contributed by atoms with Crippen molar-refractivity contribution in [3.63, 3.8) is 0 Å². The van der Waals surface area contributed by atoms with E-state index < -0.39 is 5.97 Å². The molecule has 92 valence electrons. The molecule has 0 aliphatic carbocycles. The molecule has 6 nitrogen and oxygen atoms in total. The number of hydrogen-bond acceptors (Lipinski definition) is 5. The van der Waals surface area contributed by atoms with Gasteiger partial charge in [-0.1, -0.05) is 0 Å². The van der Waals surface area contributed by atoms with Gasteiger partial charge in [0.05, 0.1) is 11.6 Å². The van der Waals surface area contributed by atoms with E-state index in [9.17, 15) is 4.79 Å². The third kappa shape index (κ3) is 2.36. The summed E-state index contributed by atoms with van der Waals surface area (Å²) >= 11 is 0. The van der Waals surface area contributed by atoms with Gasteiger partial charge in [0.25, 0.3) is 0 Å². The molecule has 0 amide bonds. The molecule has 0 saturated carbocycles. The lowest BCUT2D eigenvalue weighted by Gasteiger charge is -2.28. The molecule has 1 aromatic rings. The van der Waals surface area contributed by atoms with E-state index >= 15 is 0 Å². The number of carboxylic acids is 1. The highest BCUT2D eigenvalue weighted by atomic mass is 16.5. The number of nitrogens with one attached hydrogen (secondary N) is 1. The molecule has 17 heavy (non-hydrogen) atoms. The van der Waals surface area contributed by atoms with Crippen LogP contribution in [0.3, 0.4) is 0 Å². The Morgan fingerprint density at radius 2 is 2.47 bits per heavy atom. The molecular formula is C11H15N3O3. The second-order valence-corrected chi connectivity index (χ2v) is 4.38. The van der Waals surface area contributed by atoms with Crippen LogP contribution in [0.4, 0.5) is 5.95 Å². The number of aromatic carboxylic acids is 1. The SMILES string of the molecule is CC1OCCC1(C)Nc1nccc(C(=O)O)n1. The van der Waals surface area contributed by atoms with Gasteiger partial charge in [0.1, 0.15) is 0 Å². The first-order valence-corrected chi connectivity index (χ1v) is 5.47. The van der Waals surface area contributed by atoms with E-state index in [4.69, 9.17) is 9.84 Å². The molecule has 0 bridgehead atoms. The summed E-state index contributed by atoms with van der Waals surface area (Å²) in [5.41, 5.74) is -0.269. The van der Waals surface area contributed by atoms with Gasteiger partial charge < -0.3 is 15.2 Å². The van der Waals surface area contributed by atoms with E-state index in [1.807, 2.05) is 13.8 Å². The molecule has 1 aliphatic rings.